The molecule has 26 heteroatoms. The number of alkyl halides is 4. The van der Waals surface area contributed by atoms with Crippen LogP contribution in [0.2, 0.25) is 0 Å². The van der Waals surface area contributed by atoms with Crippen LogP contribution >= 0.6 is 31.9 Å². The van der Waals surface area contributed by atoms with Gasteiger partial charge in [0.1, 0.15) is 11.5 Å². The van der Waals surface area contributed by atoms with E-state index in [1.807, 2.05) is 41.8 Å². The van der Waals surface area contributed by atoms with E-state index in [0.29, 0.717) is 66.1 Å². The second kappa shape index (κ2) is 24.4. The topological polar surface area (TPSA) is 195 Å². The Morgan fingerprint density at radius 1 is 0.568 bits per heavy atom. The van der Waals surface area contributed by atoms with Gasteiger partial charge in [-0.2, -0.15) is 17.6 Å². The first-order valence-electron chi connectivity index (χ1n) is 25.4. The van der Waals surface area contributed by atoms with Crippen LogP contribution in [0.5, 0.6) is 11.5 Å². The van der Waals surface area contributed by atoms with Gasteiger partial charge in [-0.3, -0.25) is 28.3 Å². The Bertz CT molecular complexity index is 3730. The number of anilines is 2. The minimum Gasteiger partial charge on any atom is -0.434 e. The first kappa shape index (κ1) is 57.7. The number of fused-ring (bicyclic) bond motifs is 4. The third kappa shape index (κ3) is 12.5. The highest BCUT2D eigenvalue weighted by atomic mass is 79.9. The van der Waals surface area contributed by atoms with Crippen molar-refractivity contribution in [1.82, 2.24) is 59.1 Å². The van der Waals surface area contributed by atoms with Crippen molar-refractivity contribution in [3.05, 3.63) is 149 Å². The third-order valence-corrected chi connectivity index (χ3v) is 15.3. The number of rotatable bonds is 11. The lowest BCUT2D eigenvalue weighted by Crippen LogP contribution is -2.52. The number of hydrogen-bond donors (Lipinski definition) is 2. The number of aromatic nitrogens is 8. The van der Waals surface area contributed by atoms with E-state index in [9.17, 15) is 36.7 Å². The van der Waals surface area contributed by atoms with Gasteiger partial charge in [-0.05, 0) is 77.8 Å². The van der Waals surface area contributed by atoms with Crippen molar-refractivity contribution in [3.63, 3.8) is 0 Å². The van der Waals surface area contributed by atoms with Crippen LogP contribution in [0.15, 0.2) is 116 Å². The number of carbonyl (C=O) groups excluding carboxylic acids is 2. The molecule has 4 aromatic heterocycles. The van der Waals surface area contributed by atoms with E-state index < -0.39 is 13.2 Å². The Kier molecular flexibility index (Phi) is 17.4. The fourth-order valence-corrected chi connectivity index (χ4v) is 10.9. The predicted octanol–water partition coefficient (Wildman–Crippen LogP) is 8.12. The van der Waals surface area contributed by atoms with E-state index in [0.717, 1.165) is 62.3 Å². The molecule has 4 saturated heterocycles. The van der Waals surface area contributed by atoms with Gasteiger partial charge in [0.2, 0.25) is 11.9 Å². The van der Waals surface area contributed by atoms with Gasteiger partial charge in [0.15, 0.2) is 0 Å². The zero-order valence-electron chi connectivity index (χ0n) is 43.7. The molecular formula is C55H58Br2F4N14O6. The lowest BCUT2D eigenvalue weighted by atomic mass is 10.1. The lowest BCUT2D eigenvalue weighted by molar-refractivity contribution is -0.0511. The minimum absolute atomic E-state index is 0. The molecule has 81 heavy (non-hydrogen) atoms. The number of benzene rings is 4. The summed E-state index contributed by atoms with van der Waals surface area (Å²) < 4.78 is 68.8. The lowest BCUT2D eigenvalue weighted by Gasteiger charge is -2.36. The van der Waals surface area contributed by atoms with E-state index in [-0.39, 0.29) is 67.3 Å². The highest BCUT2D eigenvalue weighted by molar-refractivity contribution is 9.10. The Morgan fingerprint density at radius 2 is 1.01 bits per heavy atom. The molecule has 0 bridgehead atoms. The number of carbonyl (C=O) groups is 2. The van der Waals surface area contributed by atoms with Gasteiger partial charge in [-0.25, -0.2) is 29.5 Å². The van der Waals surface area contributed by atoms with Gasteiger partial charge in [-0.15, -0.1) is 0 Å². The van der Waals surface area contributed by atoms with Crippen LogP contribution in [-0.4, -0.2) is 138 Å². The van der Waals surface area contributed by atoms with Crippen LogP contribution in [0.25, 0.3) is 32.9 Å². The average molecular weight is 1250 g/mol. The van der Waals surface area contributed by atoms with Gasteiger partial charge in [0, 0.05) is 112 Å². The zero-order chi connectivity index (χ0) is 56.5. The van der Waals surface area contributed by atoms with E-state index in [1.54, 1.807) is 90.7 Å². The second-order valence-electron chi connectivity index (χ2n) is 19.6. The molecule has 2 N–H and O–H groups in total. The molecule has 0 unspecified atom stereocenters. The molecule has 0 saturated carbocycles. The van der Waals surface area contributed by atoms with E-state index in [2.05, 4.69) is 77.0 Å². The maximum absolute atomic E-state index is 13.0. The number of halogens is 6. The summed E-state index contributed by atoms with van der Waals surface area (Å²) in [6.45, 7) is 3.88. The largest absolute Gasteiger partial charge is 0.434 e. The molecule has 12 rings (SSSR count). The van der Waals surface area contributed by atoms with Crippen molar-refractivity contribution < 1.29 is 36.6 Å². The van der Waals surface area contributed by atoms with Crippen LogP contribution < -0.4 is 41.0 Å². The van der Waals surface area contributed by atoms with Crippen LogP contribution in [-0.2, 0) is 27.2 Å². The summed E-state index contributed by atoms with van der Waals surface area (Å²) in [5, 5.41) is 6.81. The van der Waals surface area contributed by atoms with Gasteiger partial charge in [0.05, 0.1) is 51.5 Å². The monoisotopic (exact) mass is 1240 g/mol. The molecular weight excluding hydrogens is 1190 g/mol. The quantitative estimate of drug-likeness (QED) is 0.118. The van der Waals surface area contributed by atoms with Crippen LogP contribution in [0.3, 0.4) is 0 Å². The highest BCUT2D eigenvalue weighted by Gasteiger charge is 2.37. The van der Waals surface area contributed by atoms with E-state index >= 15 is 0 Å². The van der Waals surface area contributed by atoms with Crippen LogP contribution in [0, 0.1) is 13.8 Å². The number of nitrogens with one attached hydrogen (secondary N) is 2. The summed E-state index contributed by atoms with van der Waals surface area (Å²) in [5.74, 6) is 1.51. The molecule has 8 heterocycles. The Hall–Kier alpha value is -8.00. The molecule has 0 aliphatic carbocycles. The van der Waals surface area contributed by atoms with Crippen molar-refractivity contribution in [2.24, 2.45) is 14.1 Å². The van der Waals surface area contributed by atoms with Gasteiger partial charge in [-0.1, -0.05) is 64.8 Å². The highest BCUT2D eigenvalue weighted by Crippen LogP contribution is 2.30. The summed E-state index contributed by atoms with van der Waals surface area (Å²) in [6, 6.07) is 21.3. The van der Waals surface area contributed by atoms with Gasteiger partial charge < -0.3 is 39.7 Å². The maximum Gasteiger partial charge on any atom is 0.387 e. The Balaban J connectivity index is 0.000000160. The number of aryl methyl sites for hydroxylation is 2. The second-order valence-corrected chi connectivity index (χ2v) is 21.4. The molecule has 4 fully saturated rings. The minimum atomic E-state index is -2.95. The third-order valence-electron chi connectivity index (χ3n) is 14.4. The zero-order valence-corrected chi connectivity index (χ0v) is 46.9. The van der Waals surface area contributed by atoms with Crippen LogP contribution in [0.1, 0.15) is 29.7 Å². The fourth-order valence-electron chi connectivity index (χ4n) is 10.4. The number of piperazine rings is 2. The molecule has 0 radical (unpaired) electrons. The van der Waals surface area contributed by atoms with E-state index in [1.165, 1.54) is 21.5 Å². The van der Waals surface area contributed by atoms with Crippen molar-refractivity contribution in [3.8, 4) is 22.6 Å². The molecule has 4 aliphatic rings. The number of urea groups is 2. The predicted molar refractivity (Wildman–Crippen MR) is 306 cm³/mol. The van der Waals surface area contributed by atoms with Crippen molar-refractivity contribution in [1.29, 1.82) is 0 Å². The molecule has 2 atom stereocenters. The first-order valence-corrected chi connectivity index (χ1v) is 27.0. The molecule has 4 aliphatic heterocycles. The molecule has 0 spiro atoms. The summed E-state index contributed by atoms with van der Waals surface area (Å²) in [5.41, 5.74) is 5.59. The normalized spacial score (nSPS) is 16.6. The van der Waals surface area contributed by atoms with Crippen molar-refractivity contribution >= 4 is 77.6 Å². The van der Waals surface area contributed by atoms with Gasteiger partial charge in [0.25, 0.3) is 11.1 Å². The fraction of sp³-hybridized carbons (Fsp3) is 0.345. The molecule has 4 amide bonds. The maximum atomic E-state index is 13.0. The Labute approximate surface area is 479 Å². The van der Waals surface area contributed by atoms with E-state index in [4.69, 9.17) is 4.74 Å². The summed E-state index contributed by atoms with van der Waals surface area (Å²) in [7, 11) is 3.30. The summed E-state index contributed by atoms with van der Waals surface area (Å²) >= 11 is 6.71. The number of nitrogens with zero attached hydrogens (tertiary/aromatic N) is 12. The van der Waals surface area contributed by atoms with Crippen molar-refractivity contribution in [2.45, 2.75) is 59.7 Å². The Morgan fingerprint density at radius 3 is 1.48 bits per heavy atom. The molecule has 20 nitrogen and oxygen atoms in total. The number of amides is 4. The first-order chi connectivity index (χ1) is 38.4. The SMILES string of the molecule is C.Cc1ccc(OC(F)F)c(Cn2c3cc(-c4cnc(N5CCN6C(=O)NC[C@H]6C5)nc4)ccc3c(=O)n2C)c1.Cc1ccc(OC(F)F)c(Cn2c3cc(Br)ccc3c(=O)n2C)c1.O=C1NC[C@H]2CN(c3ncc(Br)cn3)CCN12. The smallest absolute Gasteiger partial charge is 0.387 e. The van der Waals surface area contributed by atoms with Crippen LogP contribution in [0.4, 0.5) is 39.0 Å². The number of hydrogen-bond acceptors (Lipinski definition) is 12. The standard InChI is InChI=1S/C27H27F2N7O3.C17H15BrF2N2O2.C10H12BrN5O.CH4/c1-16-3-6-23(39-25(28)29)18(9-16)14-36-22-10-17(4-5-21(22)24(37)33(36)2)19-11-30-26(31-12-19)34-7-8-35-20(15-34)13-32-27(35)38;1-10-3-6-15(24-17(19)20)11(7-10)9-22-14-8-12(18)4-5-13(14)16(23)21(22)2;11-7-3-12-9(13-4-7)15-1-2-16-8(6-15)5-14-10(16)17;/h3-6,9-12,20,25H,7-8,13-15H2,1-2H3,(H,32,38);3-8,17H,9H2,1-2H3;3-4,8H,1-2,5-6H2,(H,14,17);1H4/t20-;;8-;/m0.0./s1. The average Bonchev–Trinajstić information content (AvgIpc) is 4.38. The molecule has 8 aromatic rings. The summed E-state index contributed by atoms with van der Waals surface area (Å²) in [6.07, 6.45) is 6.97. The molecule has 426 valence electrons. The number of ether oxygens (including phenoxy) is 2. The van der Waals surface area contributed by atoms with Crippen molar-refractivity contribution in [2.75, 3.05) is 62.2 Å². The summed E-state index contributed by atoms with van der Waals surface area (Å²) in [4.78, 5) is 74.3. The van der Waals surface area contributed by atoms with Gasteiger partial charge >= 0.3 is 25.3 Å². The molecule has 4 aromatic carbocycles.